The molecule has 2 N–H and O–H groups in total. The summed E-state index contributed by atoms with van der Waals surface area (Å²) < 4.78 is 56.5. The summed E-state index contributed by atoms with van der Waals surface area (Å²) in [6.45, 7) is 2.35. The van der Waals surface area contributed by atoms with Gasteiger partial charge in [0.1, 0.15) is 17.2 Å². The largest absolute Gasteiger partial charge is 0.324 e. The van der Waals surface area contributed by atoms with Crippen LogP contribution in [0, 0.1) is 23.5 Å². The number of sulfonamides is 1. The molecule has 0 aromatic heterocycles. The fourth-order valence-electron chi connectivity index (χ4n) is 6.88. The minimum absolute atomic E-state index is 0.117. The van der Waals surface area contributed by atoms with Crippen LogP contribution in [0.2, 0.25) is 10.0 Å². The molecule has 2 amide bonds. The first-order valence-electron chi connectivity index (χ1n) is 14.1. The van der Waals surface area contributed by atoms with Gasteiger partial charge in [0.2, 0.25) is 21.8 Å². The highest BCUT2D eigenvalue weighted by Gasteiger charge is 2.68. The van der Waals surface area contributed by atoms with Gasteiger partial charge >= 0.3 is 0 Å². The lowest BCUT2D eigenvalue weighted by Crippen LogP contribution is -2.52. The monoisotopic (exact) mass is 662 g/mol. The van der Waals surface area contributed by atoms with E-state index in [1.807, 2.05) is 11.8 Å². The van der Waals surface area contributed by atoms with E-state index >= 15 is 4.39 Å². The van der Waals surface area contributed by atoms with Crippen molar-refractivity contribution in [2.24, 2.45) is 11.8 Å². The summed E-state index contributed by atoms with van der Waals surface area (Å²) in [4.78, 5) is 32.2. The number of carbonyl (C=O) groups is 2. The van der Waals surface area contributed by atoms with E-state index in [4.69, 9.17) is 23.2 Å². The maximum absolute atomic E-state index is 16.0. The molecular formula is C31H30Cl2F2N4O4S. The molecule has 2 heterocycles. The van der Waals surface area contributed by atoms with Gasteiger partial charge in [0, 0.05) is 47.5 Å². The van der Waals surface area contributed by atoms with Crippen LogP contribution < -0.4 is 14.9 Å². The maximum atomic E-state index is 16.0. The van der Waals surface area contributed by atoms with Crippen LogP contribution in [-0.2, 0) is 25.2 Å². The number of nitrogens with zero attached hydrogens (tertiary/aromatic N) is 2. The third-order valence-corrected chi connectivity index (χ3v) is 10.1. The zero-order valence-electron chi connectivity index (χ0n) is 24.1. The molecule has 3 aliphatic rings. The van der Waals surface area contributed by atoms with Crippen LogP contribution in [0.15, 0.2) is 54.6 Å². The Morgan fingerprint density at radius 2 is 1.86 bits per heavy atom. The standard InChI is InChI=1S/C31H30Cl2F2N4O4S/c1-16-26(29(40)38(2)19-10-12-24(23(34)14-19)37-44(3,42)43)27(20-5-4-6-22(33)28(20)35)31(39(16)15-17-7-8-17)21-11-9-18(32)13-25(21)36-30(31)41/h4-6,9-14,16-17,26-27,37H,7-8,15H2,1-3H3,(H,36,41)/t16-,26?,27-,31+/m0/s1. The number of anilines is 3. The van der Waals surface area contributed by atoms with Gasteiger partial charge in [-0.1, -0.05) is 41.4 Å². The predicted octanol–water partition coefficient (Wildman–Crippen LogP) is 5.97. The third-order valence-electron chi connectivity index (χ3n) is 8.98. The molecule has 44 heavy (non-hydrogen) atoms. The van der Waals surface area contributed by atoms with E-state index in [0.29, 0.717) is 28.7 Å². The van der Waals surface area contributed by atoms with E-state index in [-0.39, 0.29) is 22.0 Å². The molecule has 3 aromatic carbocycles. The first kappa shape index (κ1) is 30.8. The number of hydrogen-bond acceptors (Lipinski definition) is 5. The second-order valence-electron chi connectivity index (χ2n) is 11.8. The van der Waals surface area contributed by atoms with Crippen LogP contribution >= 0.6 is 23.2 Å². The van der Waals surface area contributed by atoms with Crippen molar-refractivity contribution in [1.82, 2.24) is 4.90 Å². The maximum Gasteiger partial charge on any atom is 0.250 e. The van der Waals surface area contributed by atoms with Gasteiger partial charge in [-0.3, -0.25) is 19.2 Å². The molecule has 1 unspecified atom stereocenters. The van der Waals surface area contributed by atoms with Crippen LogP contribution in [0.5, 0.6) is 0 Å². The fourth-order valence-corrected chi connectivity index (χ4v) is 7.80. The summed E-state index contributed by atoms with van der Waals surface area (Å²) in [5, 5.41) is 3.22. The number of rotatable bonds is 7. The van der Waals surface area contributed by atoms with Gasteiger partial charge in [0.05, 0.1) is 22.9 Å². The molecule has 0 bridgehead atoms. The summed E-state index contributed by atoms with van der Waals surface area (Å²) in [5.41, 5.74) is -0.390. The van der Waals surface area contributed by atoms with Gasteiger partial charge in [-0.25, -0.2) is 17.2 Å². The molecule has 1 saturated heterocycles. The van der Waals surface area contributed by atoms with Crippen molar-refractivity contribution in [3.8, 4) is 0 Å². The number of amides is 2. The molecule has 2 aliphatic heterocycles. The summed E-state index contributed by atoms with van der Waals surface area (Å²) in [6.07, 6.45) is 2.84. The van der Waals surface area contributed by atoms with Gasteiger partial charge < -0.3 is 10.2 Å². The summed E-state index contributed by atoms with van der Waals surface area (Å²) >= 11 is 12.6. The van der Waals surface area contributed by atoms with Crippen LogP contribution in [0.4, 0.5) is 25.8 Å². The lowest BCUT2D eigenvalue weighted by atomic mass is 9.70. The van der Waals surface area contributed by atoms with Gasteiger partial charge in [0.25, 0.3) is 0 Å². The first-order chi connectivity index (χ1) is 20.7. The van der Waals surface area contributed by atoms with E-state index in [1.54, 1.807) is 30.3 Å². The van der Waals surface area contributed by atoms with Crippen LogP contribution in [-0.4, -0.2) is 51.0 Å². The van der Waals surface area contributed by atoms with Crippen LogP contribution in [0.25, 0.3) is 0 Å². The van der Waals surface area contributed by atoms with Gasteiger partial charge in [-0.15, -0.1) is 0 Å². The average Bonchev–Trinajstić information content (AvgIpc) is 3.68. The van der Waals surface area contributed by atoms with E-state index in [9.17, 15) is 22.4 Å². The predicted molar refractivity (Wildman–Crippen MR) is 167 cm³/mol. The van der Waals surface area contributed by atoms with Crippen molar-refractivity contribution >= 4 is 62.1 Å². The number of halogens is 4. The second kappa shape index (κ2) is 11.0. The number of hydrogen-bond donors (Lipinski definition) is 2. The van der Waals surface area contributed by atoms with E-state index in [1.165, 1.54) is 30.1 Å². The molecule has 0 radical (unpaired) electrons. The molecular weight excluding hydrogens is 633 g/mol. The molecule has 4 atom stereocenters. The van der Waals surface area contributed by atoms with Crippen molar-refractivity contribution in [3.63, 3.8) is 0 Å². The molecule has 3 aromatic rings. The van der Waals surface area contributed by atoms with Crippen molar-refractivity contribution in [2.45, 2.75) is 37.3 Å². The molecule has 1 saturated carbocycles. The van der Waals surface area contributed by atoms with E-state index < -0.39 is 56.9 Å². The third kappa shape index (κ3) is 5.03. The van der Waals surface area contributed by atoms with Crippen molar-refractivity contribution < 1.29 is 26.8 Å². The fraction of sp³-hybridized carbons (Fsp3) is 0.355. The Kier molecular flexibility index (Phi) is 7.67. The second-order valence-corrected chi connectivity index (χ2v) is 14.4. The minimum Gasteiger partial charge on any atom is -0.324 e. The highest BCUT2D eigenvalue weighted by atomic mass is 35.5. The van der Waals surface area contributed by atoms with Gasteiger partial charge in [-0.2, -0.15) is 0 Å². The molecule has 13 heteroatoms. The zero-order chi connectivity index (χ0) is 31.7. The summed E-state index contributed by atoms with van der Waals surface area (Å²) in [7, 11) is -2.27. The number of likely N-dealkylation sites (tertiary alicyclic amines) is 1. The Labute approximate surface area is 264 Å². The molecule has 1 spiro atoms. The van der Waals surface area contributed by atoms with Gasteiger partial charge in [-0.05, 0) is 67.6 Å². The lowest BCUT2D eigenvalue weighted by molar-refractivity contribution is -0.127. The molecule has 6 rings (SSSR count). The number of benzene rings is 3. The van der Waals surface area contributed by atoms with Crippen molar-refractivity contribution in [1.29, 1.82) is 0 Å². The molecule has 232 valence electrons. The van der Waals surface area contributed by atoms with Crippen LogP contribution in [0.3, 0.4) is 0 Å². The van der Waals surface area contributed by atoms with E-state index in [2.05, 4.69) is 10.0 Å². The minimum atomic E-state index is -3.74. The lowest BCUT2D eigenvalue weighted by Gasteiger charge is -2.39. The number of fused-ring (bicyclic) bond motifs is 2. The summed E-state index contributed by atoms with van der Waals surface area (Å²) in [5.74, 6) is -4.17. The van der Waals surface area contributed by atoms with Crippen molar-refractivity contribution in [2.75, 3.05) is 34.8 Å². The van der Waals surface area contributed by atoms with Crippen molar-refractivity contribution in [3.05, 3.63) is 87.4 Å². The molecule has 8 nitrogen and oxygen atoms in total. The normalized spacial score (nSPS) is 24.8. The average molecular weight is 664 g/mol. The Balaban J connectivity index is 1.52. The molecule has 1 aliphatic carbocycles. The quantitative estimate of drug-likeness (QED) is 0.325. The van der Waals surface area contributed by atoms with Crippen LogP contribution in [0.1, 0.15) is 36.8 Å². The highest BCUT2D eigenvalue weighted by Crippen LogP contribution is 2.61. The molecule has 2 fully saturated rings. The Morgan fingerprint density at radius 3 is 2.52 bits per heavy atom. The highest BCUT2D eigenvalue weighted by molar-refractivity contribution is 7.92. The summed E-state index contributed by atoms with van der Waals surface area (Å²) in [6, 6.07) is 12.8. The number of carbonyl (C=O) groups excluding carboxylic acids is 2. The van der Waals surface area contributed by atoms with E-state index in [0.717, 1.165) is 25.2 Å². The Bertz CT molecular complexity index is 1810. The first-order valence-corrected chi connectivity index (χ1v) is 16.8. The Morgan fingerprint density at radius 1 is 1.14 bits per heavy atom. The topological polar surface area (TPSA) is 98.8 Å². The smallest absolute Gasteiger partial charge is 0.250 e. The Hall–Kier alpha value is -3.25. The SMILES string of the molecule is C[C@H]1C(C(=O)N(C)c2ccc(NS(C)(=O)=O)c(F)c2)[C@H](c2cccc(Cl)c2F)[C@]2(C(=O)Nc3cc(Cl)ccc32)N1CC1CC1. The van der Waals surface area contributed by atoms with Gasteiger partial charge in [0.15, 0.2) is 0 Å². The zero-order valence-corrected chi connectivity index (χ0v) is 26.4. The number of nitrogens with one attached hydrogen (secondary N) is 2.